The smallest absolute Gasteiger partial charge is 0.221 e. The van der Waals surface area contributed by atoms with Crippen molar-refractivity contribution in [1.82, 2.24) is 14.8 Å². The van der Waals surface area contributed by atoms with Crippen LogP contribution in [0.2, 0.25) is 0 Å². The van der Waals surface area contributed by atoms with Crippen LogP contribution in [-0.2, 0) is 16.1 Å². The number of hydrogen-bond acceptors (Lipinski definition) is 4. The molecule has 35 heavy (non-hydrogen) atoms. The molecule has 1 aliphatic heterocycles. The van der Waals surface area contributed by atoms with Gasteiger partial charge in [-0.05, 0) is 40.8 Å². The summed E-state index contributed by atoms with van der Waals surface area (Å²) in [5, 5.41) is 6.35. The predicted molar refractivity (Wildman–Crippen MR) is 138 cm³/mol. The van der Waals surface area contributed by atoms with Gasteiger partial charge in [-0.3, -0.25) is 9.69 Å². The molecule has 0 bridgehead atoms. The van der Waals surface area contributed by atoms with Gasteiger partial charge >= 0.3 is 0 Å². The zero-order valence-corrected chi connectivity index (χ0v) is 20.5. The molecule has 2 aromatic heterocycles. The number of ether oxygens (including phenoxy) is 1. The van der Waals surface area contributed by atoms with Gasteiger partial charge in [0.25, 0.3) is 0 Å². The van der Waals surface area contributed by atoms with Crippen LogP contribution in [0.15, 0.2) is 72.2 Å². The summed E-state index contributed by atoms with van der Waals surface area (Å²) in [6, 6.07) is 19.1. The van der Waals surface area contributed by atoms with Crippen LogP contribution in [0.1, 0.15) is 28.3 Å². The molecule has 1 N–H and O–H groups in total. The van der Waals surface area contributed by atoms with Crippen molar-refractivity contribution < 1.29 is 13.9 Å². The number of para-hydroxylation sites is 1. The van der Waals surface area contributed by atoms with Crippen LogP contribution in [0, 0.1) is 5.82 Å². The minimum atomic E-state index is -0.232. The molecule has 0 spiro atoms. The molecule has 7 heteroatoms. The van der Waals surface area contributed by atoms with Crippen molar-refractivity contribution in [2.24, 2.45) is 0 Å². The number of nitrogens with one attached hydrogen (secondary N) is 1. The van der Waals surface area contributed by atoms with Crippen molar-refractivity contribution >= 4 is 28.1 Å². The molecule has 3 heterocycles. The van der Waals surface area contributed by atoms with Gasteiger partial charge in [0, 0.05) is 67.0 Å². The van der Waals surface area contributed by atoms with Gasteiger partial charge < -0.3 is 14.6 Å². The lowest BCUT2D eigenvalue weighted by Gasteiger charge is -2.26. The highest BCUT2D eigenvalue weighted by atomic mass is 32.1. The molecule has 1 amide bonds. The van der Waals surface area contributed by atoms with Crippen LogP contribution in [-0.4, -0.2) is 54.8 Å². The Morgan fingerprint density at radius 3 is 2.63 bits per heavy atom. The minimum absolute atomic E-state index is 0.0299. The Bertz CT molecular complexity index is 1250. The van der Waals surface area contributed by atoms with Crippen molar-refractivity contribution in [2.45, 2.75) is 18.9 Å². The molecule has 182 valence electrons. The van der Waals surface area contributed by atoms with Crippen LogP contribution in [0.4, 0.5) is 4.39 Å². The standard InChI is InChI=1S/C28H30FN3O2S/c29-22-9-7-21(8-10-22)19-32-20-25(23-4-1-2-5-26(23)32)24(27-6-3-17-35-27)18-28(33)30-11-12-31-13-15-34-16-14-31/h1-10,17,20,24H,11-16,18-19H2,(H,30,33). The summed E-state index contributed by atoms with van der Waals surface area (Å²) in [6.07, 6.45) is 2.56. The summed E-state index contributed by atoms with van der Waals surface area (Å²) in [5.74, 6) is -0.200. The first-order valence-electron chi connectivity index (χ1n) is 12.1. The third-order valence-corrected chi connectivity index (χ3v) is 7.58. The number of carbonyl (C=O) groups is 1. The molecule has 0 aliphatic carbocycles. The first-order chi connectivity index (χ1) is 17.2. The van der Waals surface area contributed by atoms with Crippen LogP contribution < -0.4 is 5.32 Å². The second-order valence-electron chi connectivity index (χ2n) is 8.93. The average Bonchev–Trinajstić information content (AvgIpc) is 3.54. The van der Waals surface area contributed by atoms with E-state index >= 15 is 0 Å². The minimum Gasteiger partial charge on any atom is -0.379 e. The van der Waals surface area contributed by atoms with Crippen LogP contribution >= 0.6 is 11.3 Å². The molecule has 0 saturated carbocycles. The average molecular weight is 492 g/mol. The zero-order chi connectivity index (χ0) is 24.0. The second-order valence-corrected chi connectivity index (χ2v) is 9.91. The highest BCUT2D eigenvalue weighted by Crippen LogP contribution is 2.37. The molecule has 1 unspecified atom stereocenters. The van der Waals surface area contributed by atoms with Gasteiger partial charge in [0.15, 0.2) is 0 Å². The molecule has 0 radical (unpaired) electrons. The van der Waals surface area contributed by atoms with E-state index in [0.717, 1.165) is 54.9 Å². The van der Waals surface area contributed by atoms with E-state index in [1.165, 1.54) is 17.0 Å². The summed E-state index contributed by atoms with van der Waals surface area (Å²) in [6.45, 7) is 5.48. The van der Waals surface area contributed by atoms with Crippen LogP contribution in [0.3, 0.4) is 0 Å². The van der Waals surface area contributed by atoms with E-state index in [9.17, 15) is 9.18 Å². The Hall–Kier alpha value is -3.00. The number of fused-ring (bicyclic) bond motifs is 1. The topological polar surface area (TPSA) is 46.5 Å². The first-order valence-corrected chi connectivity index (χ1v) is 13.0. The van der Waals surface area contributed by atoms with Crippen molar-refractivity contribution in [1.29, 1.82) is 0 Å². The number of thiophene rings is 1. The van der Waals surface area contributed by atoms with Crippen molar-refractivity contribution in [3.8, 4) is 0 Å². The molecule has 5 rings (SSSR count). The number of amides is 1. The number of halogens is 1. The molecular weight excluding hydrogens is 461 g/mol. The number of benzene rings is 2. The Morgan fingerprint density at radius 2 is 1.86 bits per heavy atom. The van der Waals surface area contributed by atoms with Gasteiger partial charge in [0.05, 0.1) is 13.2 Å². The highest BCUT2D eigenvalue weighted by molar-refractivity contribution is 7.10. The number of nitrogens with zero attached hydrogens (tertiary/aromatic N) is 2. The fraction of sp³-hybridized carbons (Fsp3) is 0.321. The zero-order valence-electron chi connectivity index (χ0n) is 19.7. The van der Waals surface area contributed by atoms with Crippen LogP contribution in [0.5, 0.6) is 0 Å². The van der Waals surface area contributed by atoms with E-state index in [2.05, 4.69) is 44.6 Å². The third kappa shape index (κ3) is 5.81. The number of morpholine rings is 1. The van der Waals surface area contributed by atoms with Gasteiger partial charge in [-0.1, -0.05) is 36.4 Å². The van der Waals surface area contributed by atoms with Crippen molar-refractivity contribution in [3.63, 3.8) is 0 Å². The van der Waals surface area contributed by atoms with E-state index < -0.39 is 0 Å². The molecule has 1 aliphatic rings. The monoisotopic (exact) mass is 491 g/mol. The molecule has 5 nitrogen and oxygen atoms in total. The molecule has 1 fully saturated rings. The van der Waals surface area contributed by atoms with E-state index in [-0.39, 0.29) is 17.6 Å². The third-order valence-electron chi connectivity index (χ3n) is 6.59. The lowest BCUT2D eigenvalue weighted by atomic mass is 9.93. The van der Waals surface area contributed by atoms with Gasteiger partial charge in [0.1, 0.15) is 5.82 Å². The summed E-state index contributed by atoms with van der Waals surface area (Å²) in [4.78, 5) is 16.5. The fourth-order valence-electron chi connectivity index (χ4n) is 4.76. The molecule has 1 saturated heterocycles. The van der Waals surface area contributed by atoms with Gasteiger partial charge in [0.2, 0.25) is 5.91 Å². The SMILES string of the molecule is O=C(CC(c1cccs1)c1cn(Cc2ccc(F)cc2)c2ccccc12)NCCN1CCOCC1. The van der Waals surface area contributed by atoms with Crippen molar-refractivity contribution in [3.05, 3.63) is 94.1 Å². The summed E-state index contributed by atoms with van der Waals surface area (Å²) in [5.41, 5.74) is 3.29. The number of carbonyl (C=O) groups excluding carboxylic acids is 1. The maximum absolute atomic E-state index is 13.4. The largest absolute Gasteiger partial charge is 0.379 e. The molecule has 1 atom stereocenters. The van der Waals surface area contributed by atoms with Gasteiger partial charge in [-0.2, -0.15) is 0 Å². The Kier molecular flexibility index (Phi) is 7.57. The van der Waals surface area contributed by atoms with Crippen LogP contribution in [0.25, 0.3) is 10.9 Å². The number of hydrogen-bond donors (Lipinski definition) is 1. The van der Waals surface area contributed by atoms with E-state index in [1.54, 1.807) is 11.3 Å². The quantitative estimate of drug-likeness (QED) is 0.364. The predicted octanol–water partition coefficient (Wildman–Crippen LogP) is 4.86. The molecule has 4 aromatic rings. The summed E-state index contributed by atoms with van der Waals surface area (Å²) in [7, 11) is 0. The second kappa shape index (κ2) is 11.2. The number of aromatic nitrogens is 1. The molecule has 2 aromatic carbocycles. The highest BCUT2D eigenvalue weighted by Gasteiger charge is 2.24. The van der Waals surface area contributed by atoms with E-state index in [0.29, 0.717) is 19.5 Å². The number of rotatable bonds is 9. The van der Waals surface area contributed by atoms with E-state index in [4.69, 9.17) is 4.74 Å². The summed E-state index contributed by atoms with van der Waals surface area (Å²) < 4.78 is 21.0. The Morgan fingerprint density at radius 1 is 1.06 bits per heavy atom. The lowest BCUT2D eigenvalue weighted by Crippen LogP contribution is -2.41. The van der Waals surface area contributed by atoms with E-state index in [1.807, 2.05) is 30.3 Å². The Labute approximate surface area is 209 Å². The van der Waals surface area contributed by atoms with Crippen molar-refractivity contribution in [2.75, 3.05) is 39.4 Å². The van der Waals surface area contributed by atoms with Gasteiger partial charge in [-0.25, -0.2) is 4.39 Å². The van der Waals surface area contributed by atoms with Gasteiger partial charge in [-0.15, -0.1) is 11.3 Å². The maximum Gasteiger partial charge on any atom is 0.221 e. The maximum atomic E-state index is 13.4. The fourth-order valence-corrected chi connectivity index (χ4v) is 5.61. The first kappa shape index (κ1) is 23.7. The molecular formula is C28H30FN3O2S. The Balaban J connectivity index is 1.37. The normalized spacial score (nSPS) is 15.3. The lowest BCUT2D eigenvalue weighted by molar-refractivity contribution is -0.121. The summed E-state index contributed by atoms with van der Waals surface area (Å²) >= 11 is 1.68.